The summed E-state index contributed by atoms with van der Waals surface area (Å²) in [6.07, 6.45) is 0. The predicted molar refractivity (Wildman–Crippen MR) is 105 cm³/mol. The Bertz CT molecular complexity index is 1250. The topological polar surface area (TPSA) is 93.5 Å². The van der Waals surface area contributed by atoms with E-state index in [-0.39, 0.29) is 21.2 Å². The average molecular weight is 400 g/mol. The molecule has 1 heterocycles. The highest BCUT2D eigenvalue weighted by Gasteiger charge is 2.20. The van der Waals surface area contributed by atoms with E-state index in [1.807, 2.05) is 0 Å². The van der Waals surface area contributed by atoms with Gasteiger partial charge in [-0.15, -0.1) is 0 Å². The summed E-state index contributed by atoms with van der Waals surface area (Å²) in [5.74, 6) is -0.363. The maximum absolute atomic E-state index is 11.9. The zero-order chi connectivity index (χ0) is 19.3. The highest BCUT2D eigenvalue weighted by Crippen LogP contribution is 2.43. The minimum absolute atomic E-state index is 0.0527. The highest BCUT2D eigenvalue weighted by atomic mass is 35.5. The molecule has 3 N–H and O–H groups in total. The Hall–Kier alpha value is -3.02. The van der Waals surface area contributed by atoms with Gasteiger partial charge in [0.1, 0.15) is 17.1 Å². The number of halogens is 2. The van der Waals surface area contributed by atoms with Gasteiger partial charge in [-0.25, -0.2) is 0 Å². The molecule has 0 radical (unpaired) electrons. The van der Waals surface area contributed by atoms with E-state index in [2.05, 4.69) is 0 Å². The van der Waals surface area contributed by atoms with Crippen LogP contribution in [0.1, 0.15) is 10.4 Å². The fourth-order valence-electron chi connectivity index (χ4n) is 3.01. The summed E-state index contributed by atoms with van der Waals surface area (Å²) in [5.41, 5.74) is 7.68. The standard InChI is InChI=1S/C20H11Cl2NO4/c21-13-5-11-17(7-15(13)24)27-18-8-16(25)14(22)6-12(18)19(11)9-1-3-10(4-2-9)20(23)26/h1-8,24H,(H2,23,26). The molecule has 0 saturated carbocycles. The van der Waals surface area contributed by atoms with Crippen molar-refractivity contribution in [2.75, 3.05) is 0 Å². The highest BCUT2D eigenvalue weighted by molar-refractivity contribution is 6.33. The van der Waals surface area contributed by atoms with Gasteiger partial charge in [-0.3, -0.25) is 9.59 Å². The van der Waals surface area contributed by atoms with Crippen LogP contribution in [0.3, 0.4) is 0 Å². The summed E-state index contributed by atoms with van der Waals surface area (Å²) in [6.45, 7) is 0. The number of amides is 1. The second-order valence-corrected chi connectivity index (χ2v) is 6.81. The Morgan fingerprint density at radius 2 is 1.70 bits per heavy atom. The summed E-state index contributed by atoms with van der Waals surface area (Å²) < 4.78 is 5.79. The number of aromatic hydroxyl groups is 1. The molecular formula is C20H11Cl2NO4. The van der Waals surface area contributed by atoms with Gasteiger partial charge in [-0.2, -0.15) is 0 Å². The first-order valence-electron chi connectivity index (χ1n) is 7.84. The Kier molecular flexibility index (Phi) is 4.06. The average Bonchev–Trinajstić information content (AvgIpc) is 2.63. The number of phenolic OH excluding ortho intramolecular Hbond substituents is 1. The molecule has 5 nitrogen and oxygen atoms in total. The third-order valence-corrected chi connectivity index (χ3v) is 4.90. The molecule has 1 aliphatic carbocycles. The largest absolute Gasteiger partial charge is 0.506 e. The lowest BCUT2D eigenvalue weighted by molar-refractivity contribution is 0.100. The van der Waals surface area contributed by atoms with E-state index in [0.717, 1.165) is 5.56 Å². The van der Waals surface area contributed by atoms with Gasteiger partial charge in [0, 0.05) is 34.2 Å². The number of benzene rings is 3. The van der Waals surface area contributed by atoms with Gasteiger partial charge in [0.05, 0.1) is 10.0 Å². The summed E-state index contributed by atoms with van der Waals surface area (Å²) >= 11 is 12.1. The van der Waals surface area contributed by atoms with Crippen LogP contribution in [0, 0.1) is 0 Å². The summed E-state index contributed by atoms with van der Waals surface area (Å²) in [4.78, 5) is 23.3. The molecule has 0 unspecified atom stereocenters. The van der Waals surface area contributed by atoms with E-state index in [4.69, 9.17) is 33.4 Å². The molecule has 134 valence electrons. The first kappa shape index (κ1) is 17.4. The molecule has 0 atom stereocenters. The van der Waals surface area contributed by atoms with Gasteiger partial charge in [-0.1, -0.05) is 35.3 Å². The van der Waals surface area contributed by atoms with Crippen molar-refractivity contribution in [1.29, 1.82) is 0 Å². The Labute approximate surface area is 162 Å². The van der Waals surface area contributed by atoms with Crippen LogP contribution in [0.15, 0.2) is 57.7 Å². The van der Waals surface area contributed by atoms with Crippen LogP contribution in [0.25, 0.3) is 33.4 Å². The second-order valence-electron chi connectivity index (χ2n) is 6.00. The molecular weight excluding hydrogens is 389 g/mol. The maximum atomic E-state index is 11.9. The first-order valence-corrected chi connectivity index (χ1v) is 8.59. The SMILES string of the molecule is NC(=O)c1ccc(-c2c3cc(Cl)c(=O)cc-3oc3cc(O)c(Cl)cc23)cc1. The third kappa shape index (κ3) is 2.91. The third-order valence-electron chi connectivity index (χ3n) is 4.30. The molecule has 1 amide bonds. The number of nitrogens with two attached hydrogens (primary N) is 1. The lowest BCUT2D eigenvalue weighted by Gasteiger charge is -2.16. The molecule has 4 rings (SSSR count). The second kappa shape index (κ2) is 6.30. The van der Waals surface area contributed by atoms with Crippen LogP contribution in [-0.2, 0) is 0 Å². The molecule has 2 aliphatic rings. The van der Waals surface area contributed by atoms with Crippen LogP contribution in [-0.4, -0.2) is 11.0 Å². The van der Waals surface area contributed by atoms with Crippen LogP contribution in [0.4, 0.5) is 0 Å². The van der Waals surface area contributed by atoms with Crippen LogP contribution in [0.5, 0.6) is 5.75 Å². The zero-order valence-electron chi connectivity index (χ0n) is 13.6. The van der Waals surface area contributed by atoms with Crippen molar-refractivity contribution < 1.29 is 14.3 Å². The van der Waals surface area contributed by atoms with Gasteiger partial charge < -0.3 is 15.3 Å². The van der Waals surface area contributed by atoms with Crippen molar-refractivity contribution in [3.05, 3.63) is 74.4 Å². The predicted octanol–water partition coefficient (Wildman–Crippen LogP) is 4.68. The fourth-order valence-corrected chi connectivity index (χ4v) is 3.34. The van der Waals surface area contributed by atoms with Gasteiger partial charge >= 0.3 is 0 Å². The number of phenols is 1. The fraction of sp³-hybridized carbons (Fsp3) is 0. The van der Waals surface area contributed by atoms with Crippen LogP contribution < -0.4 is 11.2 Å². The molecule has 0 aromatic heterocycles. The number of hydrogen-bond acceptors (Lipinski definition) is 4. The maximum Gasteiger partial charge on any atom is 0.248 e. The number of carbonyl (C=O) groups is 1. The number of hydrogen-bond donors (Lipinski definition) is 2. The molecule has 0 fully saturated rings. The van der Waals surface area contributed by atoms with Crippen molar-refractivity contribution in [2.45, 2.75) is 0 Å². The van der Waals surface area contributed by atoms with Crippen LogP contribution >= 0.6 is 23.2 Å². The summed E-state index contributed by atoms with van der Waals surface area (Å²) in [6, 6.07) is 12.4. The number of fused-ring (bicyclic) bond motifs is 2. The molecule has 2 aromatic carbocycles. The monoisotopic (exact) mass is 399 g/mol. The lowest BCUT2D eigenvalue weighted by Crippen LogP contribution is -2.10. The number of carbonyl (C=O) groups excluding carboxylic acids is 1. The van der Waals surface area contributed by atoms with Gasteiger partial charge in [-0.05, 0) is 29.8 Å². The van der Waals surface area contributed by atoms with Crippen molar-refractivity contribution in [2.24, 2.45) is 5.73 Å². The van der Waals surface area contributed by atoms with E-state index in [0.29, 0.717) is 33.4 Å². The quantitative estimate of drug-likeness (QED) is 0.478. The molecule has 27 heavy (non-hydrogen) atoms. The van der Waals surface area contributed by atoms with Gasteiger partial charge in [0.15, 0.2) is 0 Å². The van der Waals surface area contributed by atoms with E-state index in [1.54, 1.807) is 30.3 Å². The van der Waals surface area contributed by atoms with Crippen molar-refractivity contribution in [1.82, 2.24) is 0 Å². The molecule has 0 bridgehead atoms. The van der Waals surface area contributed by atoms with Crippen molar-refractivity contribution >= 4 is 40.1 Å². The Morgan fingerprint density at radius 1 is 1.00 bits per heavy atom. The Balaban J connectivity index is 2.14. The molecule has 0 spiro atoms. The number of primary amides is 1. The summed E-state index contributed by atoms with van der Waals surface area (Å²) in [7, 11) is 0. The molecule has 0 saturated heterocycles. The van der Waals surface area contributed by atoms with Gasteiger partial charge in [0.25, 0.3) is 0 Å². The van der Waals surface area contributed by atoms with Crippen LogP contribution in [0.2, 0.25) is 10.0 Å². The summed E-state index contributed by atoms with van der Waals surface area (Å²) in [5, 5.41) is 10.7. The van der Waals surface area contributed by atoms with E-state index in [1.165, 1.54) is 18.2 Å². The normalized spacial score (nSPS) is 11.2. The molecule has 1 aliphatic heterocycles. The smallest absolute Gasteiger partial charge is 0.248 e. The molecule has 2 aromatic rings. The van der Waals surface area contributed by atoms with Gasteiger partial charge in [0.2, 0.25) is 11.3 Å². The van der Waals surface area contributed by atoms with E-state index in [9.17, 15) is 14.7 Å². The minimum atomic E-state index is -0.536. The molecule has 7 heteroatoms. The number of rotatable bonds is 2. The van der Waals surface area contributed by atoms with Crippen molar-refractivity contribution in [3.8, 4) is 28.2 Å². The van der Waals surface area contributed by atoms with Crippen molar-refractivity contribution in [3.63, 3.8) is 0 Å². The minimum Gasteiger partial charge on any atom is -0.506 e. The lowest BCUT2D eigenvalue weighted by atomic mass is 9.93. The van der Waals surface area contributed by atoms with E-state index >= 15 is 0 Å². The van der Waals surface area contributed by atoms with E-state index < -0.39 is 5.91 Å². The Morgan fingerprint density at radius 3 is 2.37 bits per heavy atom. The zero-order valence-corrected chi connectivity index (χ0v) is 15.1. The first-order chi connectivity index (χ1) is 12.8.